The van der Waals surface area contributed by atoms with Gasteiger partial charge in [0.2, 0.25) is 0 Å². The average molecular weight is 395 g/mol. The standard InChI is InChI=1S/C21H19F2N5O/c1-15(28-10-9-20(26-28)16-5-3-2-4-6-16)21(29,12-27-14-24-13-25-27)18-8-7-17(22)11-19(18)23/h2-11,13-15,29H,12H2,1H3/t15-,21-/m1/s1. The first-order valence-corrected chi connectivity index (χ1v) is 9.08. The Labute approximate surface area is 166 Å². The minimum Gasteiger partial charge on any atom is -0.381 e. The molecular formula is C21H19F2N5O. The summed E-state index contributed by atoms with van der Waals surface area (Å²) in [6.45, 7) is 1.64. The number of hydrogen-bond donors (Lipinski definition) is 1. The molecule has 0 aliphatic carbocycles. The zero-order chi connectivity index (χ0) is 20.4. The Bertz CT molecular complexity index is 1100. The van der Waals surface area contributed by atoms with E-state index >= 15 is 0 Å². The van der Waals surface area contributed by atoms with Crippen LogP contribution in [0.15, 0.2) is 73.4 Å². The van der Waals surface area contributed by atoms with Gasteiger partial charge in [0.25, 0.3) is 0 Å². The number of halogens is 2. The highest BCUT2D eigenvalue weighted by molar-refractivity contribution is 5.58. The van der Waals surface area contributed by atoms with E-state index in [1.165, 1.54) is 23.4 Å². The van der Waals surface area contributed by atoms with Crippen molar-refractivity contribution >= 4 is 0 Å². The van der Waals surface area contributed by atoms with Crippen LogP contribution in [0.2, 0.25) is 0 Å². The molecule has 1 N–H and O–H groups in total. The molecule has 0 saturated heterocycles. The van der Waals surface area contributed by atoms with Gasteiger partial charge in [-0.25, -0.2) is 18.4 Å². The van der Waals surface area contributed by atoms with Crippen LogP contribution in [0.3, 0.4) is 0 Å². The zero-order valence-electron chi connectivity index (χ0n) is 15.7. The van der Waals surface area contributed by atoms with Gasteiger partial charge < -0.3 is 5.11 Å². The van der Waals surface area contributed by atoms with Crippen LogP contribution >= 0.6 is 0 Å². The minimum atomic E-state index is -1.76. The molecule has 29 heavy (non-hydrogen) atoms. The average Bonchev–Trinajstić information content (AvgIpc) is 3.40. The Morgan fingerprint density at radius 2 is 1.90 bits per heavy atom. The monoisotopic (exact) mass is 395 g/mol. The summed E-state index contributed by atoms with van der Waals surface area (Å²) in [6.07, 6.45) is 4.48. The Morgan fingerprint density at radius 3 is 2.59 bits per heavy atom. The Hall–Kier alpha value is -3.39. The topological polar surface area (TPSA) is 68.8 Å². The van der Waals surface area contributed by atoms with Gasteiger partial charge in [-0.1, -0.05) is 36.4 Å². The summed E-state index contributed by atoms with van der Waals surface area (Å²) in [5, 5.41) is 20.2. The highest BCUT2D eigenvalue weighted by atomic mass is 19.1. The van der Waals surface area contributed by atoms with Crippen molar-refractivity contribution in [3.63, 3.8) is 0 Å². The molecule has 6 nitrogen and oxygen atoms in total. The number of aromatic nitrogens is 5. The van der Waals surface area contributed by atoms with E-state index in [1.54, 1.807) is 17.8 Å². The fourth-order valence-corrected chi connectivity index (χ4v) is 3.38. The summed E-state index contributed by atoms with van der Waals surface area (Å²) in [6, 6.07) is 13.9. The molecule has 0 radical (unpaired) electrons. The van der Waals surface area contributed by atoms with Gasteiger partial charge in [0.15, 0.2) is 0 Å². The smallest absolute Gasteiger partial charge is 0.137 e. The molecule has 2 heterocycles. The summed E-state index contributed by atoms with van der Waals surface area (Å²) in [5.74, 6) is -1.55. The van der Waals surface area contributed by atoms with Crippen molar-refractivity contribution in [1.29, 1.82) is 0 Å². The van der Waals surface area contributed by atoms with Crippen molar-refractivity contribution < 1.29 is 13.9 Å². The van der Waals surface area contributed by atoms with Crippen LogP contribution in [0.25, 0.3) is 11.3 Å². The Balaban J connectivity index is 1.75. The second-order valence-electron chi connectivity index (χ2n) is 6.86. The molecule has 0 bridgehead atoms. The first-order valence-electron chi connectivity index (χ1n) is 9.08. The molecule has 0 aliphatic rings. The van der Waals surface area contributed by atoms with Gasteiger partial charge >= 0.3 is 0 Å². The van der Waals surface area contributed by atoms with Crippen LogP contribution in [0, 0.1) is 11.6 Å². The molecule has 0 spiro atoms. The molecule has 0 saturated carbocycles. The molecule has 0 fully saturated rings. The van der Waals surface area contributed by atoms with Gasteiger partial charge in [-0.2, -0.15) is 10.2 Å². The van der Waals surface area contributed by atoms with Crippen molar-refractivity contribution in [3.05, 3.63) is 90.6 Å². The van der Waals surface area contributed by atoms with Crippen molar-refractivity contribution in [3.8, 4) is 11.3 Å². The summed E-state index contributed by atoms with van der Waals surface area (Å²) in [7, 11) is 0. The first kappa shape index (κ1) is 18.9. The van der Waals surface area contributed by atoms with E-state index in [4.69, 9.17) is 0 Å². The second kappa shape index (κ2) is 7.56. The largest absolute Gasteiger partial charge is 0.381 e. The lowest BCUT2D eigenvalue weighted by Crippen LogP contribution is -2.40. The molecule has 0 aliphatic heterocycles. The molecule has 0 unspecified atom stereocenters. The van der Waals surface area contributed by atoms with Crippen molar-refractivity contribution in [1.82, 2.24) is 24.5 Å². The normalized spacial score (nSPS) is 14.5. The highest BCUT2D eigenvalue weighted by Gasteiger charge is 2.40. The van der Waals surface area contributed by atoms with Crippen LogP contribution in [0.1, 0.15) is 18.5 Å². The first-order chi connectivity index (χ1) is 14.0. The van der Waals surface area contributed by atoms with E-state index in [0.29, 0.717) is 0 Å². The van der Waals surface area contributed by atoms with Crippen molar-refractivity contribution in [2.45, 2.75) is 25.1 Å². The highest BCUT2D eigenvalue weighted by Crippen LogP contribution is 2.36. The van der Waals surface area contributed by atoms with Gasteiger partial charge in [0, 0.05) is 23.4 Å². The predicted octanol–water partition coefficient (Wildman–Crippen LogP) is 3.57. The van der Waals surface area contributed by atoms with Crippen molar-refractivity contribution in [2.24, 2.45) is 0 Å². The van der Waals surface area contributed by atoms with Crippen LogP contribution in [-0.2, 0) is 12.1 Å². The second-order valence-corrected chi connectivity index (χ2v) is 6.86. The molecule has 8 heteroatoms. The summed E-state index contributed by atoms with van der Waals surface area (Å²) >= 11 is 0. The Kier molecular flexibility index (Phi) is 4.94. The third-order valence-corrected chi connectivity index (χ3v) is 5.03. The quantitative estimate of drug-likeness (QED) is 0.542. The molecule has 0 amide bonds. The van der Waals surface area contributed by atoms with Gasteiger partial charge in [-0.05, 0) is 19.1 Å². The summed E-state index contributed by atoms with van der Waals surface area (Å²) in [5.41, 5.74) is -0.157. The van der Waals surface area contributed by atoms with Gasteiger partial charge in [0.05, 0.1) is 18.3 Å². The number of hydrogen-bond acceptors (Lipinski definition) is 4. The third-order valence-electron chi connectivity index (χ3n) is 5.03. The summed E-state index contributed by atoms with van der Waals surface area (Å²) < 4.78 is 31.1. The van der Waals surface area contributed by atoms with Crippen LogP contribution in [-0.4, -0.2) is 29.7 Å². The maximum absolute atomic E-state index is 14.6. The fraction of sp³-hybridized carbons (Fsp3) is 0.190. The van der Waals surface area contributed by atoms with Gasteiger partial charge in [0.1, 0.15) is 29.9 Å². The minimum absolute atomic E-state index is 0.0429. The lowest BCUT2D eigenvalue weighted by Gasteiger charge is -2.34. The zero-order valence-corrected chi connectivity index (χ0v) is 15.7. The molecule has 148 valence electrons. The summed E-state index contributed by atoms with van der Waals surface area (Å²) in [4.78, 5) is 3.88. The molecule has 4 rings (SSSR count). The molecular weight excluding hydrogens is 376 g/mol. The molecule has 2 aromatic carbocycles. The van der Waals surface area contributed by atoms with E-state index in [2.05, 4.69) is 15.2 Å². The number of nitrogens with zero attached hydrogens (tertiary/aromatic N) is 5. The Morgan fingerprint density at radius 1 is 1.10 bits per heavy atom. The molecule has 2 aromatic heterocycles. The predicted molar refractivity (Wildman–Crippen MR) is 103 cm³/mol. The van der Waals surface area contributed by atoms with E-state index in [-0.39, 0.29) is 12.1 Å². The van der Waals surface area contributed by atoms with E-state index < -0.39 is 23.3 Å². The number of benzene rings is 2. The van der Waals surface area contributed by atoms with Crippen LogP contribution in [0.5, 0.6) is 0 Å². The molecule has 2 atom stereocenters. The number of aliphatic hydroxyl groups is 1. The number of rotatable bonds is 6. The molecule has 4 aromatic rings. The maximum atomic E-state index is 14.6. The third kappa shape index (κ3) is 3.66. The van der Waals surface area contributed by atoms with Crippen LogP contribution < -0.4 is 0 Å². The fourth-order valence-electron chi connectivity index (χ4n) is 3.38. The lowest BCUT2D eigenvalue weighted by atomic mass is 9.86. The van der Waals surface area contributed by atoms with E-state index in [0.717, 1.165) is 23.4 Å². The maximum Gasteiger partial charge on any atom is 0.137 e. The van der Waals surface area contributed by atoms with Gasteiger partial charge in [-0.3, -0.25) is 4.68 Å². The van der Waals surface area contributed by atoms with Gasteiger partial charge in [-0.15, -0.1) is 0 Å². The van der Waals surface area contributed by atoms with E-state index in [9.17, 15) is 13.9 Å². The van der Waals surface area contributed by atoms with E-state index in [1.807, 2.05) is 36.4 Å². The van der Waals surface area contributed by atoms with Crippen molar-refractivity contribution in [2.75, 3.05) is 0 Å². The van der Waals surface area contributed by atoms with Crippen LogP contribution in [0.4, 0.5) is 8.78 Å². The lowest BCUT2D eigenvalue weighted by molar-refractivity contribution is -0.0368. The SMILES string of the molecule is C[C@@H](n1ccc(-c2ccccc2)n1)[C@](O)(Cn1cncn1)c1ccc(F)cc1F.